The van der Waals surface area contributed by atoms with Gasteiger partial charge in [-0.3, -0.25) is 0 Å². The van der Waals surface area contributed by atoms with E-state index in [2.05, 4.69) is 436 Å². The van der Waals surface area contributed by atoms with Crippen molar-refractivity contribution in [2.45, 2.75) is 0 Å². The standard InChI is InChI=1S/C106H67B3N6/c1-5-32-76(33-6-1)110-92-47-19-17-45-86(92)107-87-46-18-20-48-93(87)113(97-52-24-49-94(110)102(97)107)80-40-22-31-74(63-80)82-43-23-44-85-84(82)58-60-89-106(85)114(79-38-11-4-12-39-79)98-53-26-54-99-104(98)108(89)88-59-57-68-27-15-16-42-83(68)105(88)115(99)81-41-21-30-69(62-81)72-55-56-73-65-91-101(67-75(73)61-72)112(78-36-9-3-10-37-78)96-51-25-50-95-103(96)109(91)90-64-70-28-13-14-29-71(70)66-100(90)111(95)77-34-7-2-8-35-77/h1-67H. The minimum Gasteiger partial charge on any atom is -0.311 e. The lowest BCUT2D eigenvalue weighted by molar-refractivity contribution is 1.25. The summed E-state index contributed by atoms with van der Waals surface area (Å²) in [4.78, 5) is 15.2. The van der Waals surface area contributed by atoms with Crippen molar-refractivity contribution in [2.75, 3.05) is 29.4 Å². The van der Waals surface area contributed by atoms with Gasteiger partial charge in [-0.05, 0) is 243 Å². The van der Waals surface area contributed by atoms with E-state index in [0.29, 0.717) is 0 Å². The fourth-order valence-corrected chi connectivity index (χ4v) is 20.8. The van der Waals surface area contributed by atoms with Gasteiger partial charge in [-0.15, -0.1) is 0 Å². The van der Waals surface area contributed by atoms with Gasteiger partial charge >= 0.3 is 0 Å². The number of fused-ring (bicyclic) bond motifs is 18. The van der Waals surface area contributed by atoms with Crippen LogP contribution in [-0.4, -0.2) is 20.1 Å². The number of hydrogen-bond donors (Lipinski definition) is 0. The van der Waals surface area contributed by atoms with Gasteiger partial charge in [0.25, 0.3) is 20.1 Å². The lowest BCUT2D eigenvalue weighted by Gasteiger charge is -2.45. The van der Waals surface area contributed by atoms with E-state index in [1.54, 1.807) is 0 Å². The van der Waals surface area contributed by atoms with E-state index in [-0.39, 0.29) is 20.1 Å². The zero-order valence-corrected chi connectivity index (χ0v) is 62.6. The first-order valence-corrected chi connectivity index (χ1v) is 40.1. The summed E-state index contributed by atoms with van der Waals surface area (Å²) in [6, 6.07) is 153. The number of hydrogen-bond acceptors (Lipinski definition) is 6. The summed E-state index contributed by atoms with van der Waals surface area (Å²) < 4.78 is 0. The number of para-hydroxylation sites is 6. The molecule has 6 aliphatic rings. The van der Waals surface area contributed by atoms with E-state index in [1.165, 1.54) is 166 Å². The van der Waals surface area contributed by atoms with Crippen molar-refractivity contribution >= 4 is 215 Å². The Morgan fingerprint density at radius 3 is 1.09 bits per heavy atom. The summed E-state index contributed by atoms with van der Waals surface area (Å²) in [6.07, 6.45) is 0. The first-order chi connectivity index (χ1) is 57.1. The van der Waals surface area contributed by atoms with Gasteiger partial charge in [0.05, 0.1) is 0 Å². The van der Waals surface area contributed by atoms with Gasteiger partial charge in [-0.25, -0.2) is 0 Å². The summed E-state index contributed by atoms with van der Waals surface area (Å²) in [5, 5.41) is 9.67. The average molecular weight is 1460 g/mol. The summed E-state index contributed by atoms with van der Waals surface area (Å²) in [5.41, 5.74) is 37.4. The van der Waals surface area contributed by atoms with E-state index < -0.39 is 0 Å². The molecule has 6 nitrogen and oxygen atoms in total. The smallest absolute Gasteiger partial charge is 0.252 e. The highest BCUT2D eigenvalue weighted by Crippen LogP contribution is 2.52. The zero-order valence-electron chi connectivity index (χ0n) is 62.6. The second kappa shape index (κ2) is 24.9. The average Bonchev–Trinajstić information content (AvgIpc) is 0.690. The first kappa shape index (κ1) is 63.9. The molecule has 0 fully saturated rings. The lowest BCUT2D eigenvalue weighted by atomic mass is 9.33. The Morgan fingerprint density at radius 2 is 0.504 bits per heavy atom. The van der Waals surface area contributed by atoms with E-state index in [4.69, 9.17) is 0 Å². The topological polar surface area (TPSA) is 19.4 Å². The minimum absolute atomic E-state index is 0.0255. The maximum atomic E-state index is 2.59. The molecular formula is C106H67B3N6. The Labute approximate surface area is 668 Å². The van der Waals surface area contributed by atoms with Crippen LogP contribution in [0.1, 0.15) is 0 Å². The molecule has 19 aromatic carbocycles. The quantitative estimate of drug-likeness (QED) is 0.140. The molecule has 6 aliphatic heterocycles. The number of rotatable bonds is 8. The highest BCUT2D eigenvalue weighted by molar-refractivity contribution is 7.02. The predicted octanol–water partition coefficient (Wildman–Crippen LogP) is 21.9. The Bertz CT molecular complexity index is 7320. The van der Waals surface area contributed by atoms with Gasteiger partial charge in [-0.2, -0.15) is 0 Å². The van der Waals surface area contributed by atoms with E-state index in [0.717, 1.165) is 50.8 Å². The second-order valence-corrected chi connectivity index (χ2v) is 31.4. The maximum Gasteiger partial charge on any atom is 0.252 e. The van der Waals surface area contributed by atoms with Crippen molar-refractivity contribution in [3.63, 3.8) is 0 Å². The molecule has 0 atom stereocenters. The van der Waals surface area contributed by atoms with Crippen LogP contribution in [0.5, 0.6) is 0 Å². The van der Waals surface area contributed by atoms with Gasteiger partial charge in [0.2, 0.25) is 0 Å². The van der Waals surface area contributed by atoms with Crippen LogP contribution in [0.15, 0.2) is 406 Å². The highest BCUT2D eigenvalue weighted by Gasteiger charge is 2.48. The first-order valence-electron chi connectivity index (χ1n) is 40.1. The third-order valence-corrected chi connectivity index (χ3v) is 25.4. The van der Waals surface area contributed by atoms with E-state index in [9.17, 15) is 0 Å². The molecule has 19 aromatic rings. The molecule has 0 amide bonds. The predicted molar refractivity (Wildman–Crippen MR) is 489 cm³/mol. The molecule has 115 heavy (non-hydrogen) atoms. The summed E-state index contributed by atoms with van der Waals surface area (Å²) >= 11 is 0. The normalized spacial score (nSPS) is 13.6. The van der Waals surface area contributed by atoms with Crippen molar-refractivity contribution in [2.24, 2.45) is 0 Å². The van der Waals surface area contributed by atoms with Crippen LogP contribution in [0.2, 0.25) is 0 Å². The van der Waals surface area contributed by atoms with E-state index in [1.807, 2.05) is 0 Å². The molecule has 25 rings (SSSR count). The highest BCUT2D eigenvalue weighted by atomic mass is 15.2. The molecule has 0 radical (unpaired) electrons. The van der Waals surface area contributed by atoms with Crippen molar-refractivity contribution in [1.29, 1.82) is 0 Å². The molecule has 0 bridgehead atoms. The molecule has 6 heterocycles. The van der Waals surface area contributed by atoms with Gasteiger partial charge in [0, 0.05) is 113 Å². The summed E-state index contributed by atoms with van der Waals surface area (Å²) in [5.74, 6) is 0. The summed E-state index contributed by atoms with van der Waals surface area (Å²) in [6.45, 7) is -0.0753. The minimum atomic E-state index is -0.106. The van der Waals surface area contributed by atoms with Gasteiger partial charge < -0.3 is 29.4 Å². The SMILES string of the molecule is c1ccc(N2c3ccccc3B3c4ccccc4N(c4cccc(-c5cccc6c7c(ccc56)B5c6ccc8ccccc8c6N(c6cccc(-c8ccc9cc%10c(cc9c8)N(c8ccccc8)c8cccc9c8B%10c8cc%10ccccc%10cc8N9c8ccccc8)c6)c6cccc(c65)N7c5ccccc5)c4)c4cccc2c43)cc1. The zero-order chi connectivity index (χ0) is 75.1. The number of nitrogens with zero attached hydrogens (tertiary/aromatic N) is 6. The molecule has 0 unspecified atom stereocenters. The maximum absolute atomic E-state index is 2.59. The van der Waals surface area contributed by atoms with Crippen molar-refractivity contribution < 1.29 is 0 Å². The van der Waals surface area contributed by atoms with Crippen LogP contribution in [0.25, 0.3) is 65.3 Å². The summed E-state index contributed by atoms with van der Waals surface area (Å²) in [7, 11) is 0. The Balaban J connectivity index is 0.625. The third-order valence-electron chi connectivity index (χ3n) is 25.4. The van der Waals surface area contributed by atoms with E-state index >= 15 is 0 Å². The van der Waals surface area contributed by atoms with Crippen LogP contribution in [0.4, 0.5) is 102 Å². The monoisotopic (exact) mass is 1460 g/mol. The van der Waals surface area contributed by atoms with Crippen LogP contribution in [0, 0.1) is 0 Å². The molecule has 0 N–H and O–H groups in total. The molecule has 0 spiro atoms. The van der Waals surface area contributed by atoms with Crippen molar-refractivity contribution in [3.8, 4) is 22.3 Å². The Morgan fingerprint density at radius 1 is 0.157 bits per heavy atom. The Kier molecular flexibility index (Phi) is 13.8. The van der Waals surface area contributed by atoms with Crippen molar-refractivity contribution in [1.82, 2.24) is 0 Å². The number of anilines is 18. The third kappa shape index (κ3) is 9.38. The molecular weight excluding hydrogens is 1390 g/mol. The fraction of sp³-hybridized carbons (Fsp3) is 0. The van der Waals surface area contributed by atoms with Crippen LogP contribution in [-0.2, 0) is 0 Å². The fourth-order valence-electron chi connectivity index (χ4n) is 20.8. The van der Waals surface area contributed by atoms with Gasteiger partial charge in [0.1, 0.15) is 0 Å². The molecule has 530 valence electrons. The largest absolute Gasteiger partial charge is 0.311 e. The molecule has 0 aromatic heterocycles. The number of benzene rings is 19. The van der Waals surface area contributed by atoms with Crippen molar-refractivity contribution in [3.05, 3.63) is 406 Å². The van der Waals surface area contributed by atoms with Gasteiger partial charge in [-0.1, -0.05) is 267 Å². The second-order valence-electron chi connectivity index (χ2n) is 31.4. The van der Waals surface area contributed by atoms with Gasteiger partial charge in [0.15, 0.2) is 0 Å². The van der Waals surface area contributed by atoms with Crippen LogP contribution < -0.4 is 78.6 Å². The molecule has 0 saturated heterocycles. The molecule has 0 aliphatic carbocycles. The molecule has 9 heteroatoms. The Hall–Kier alpha value is -14.8. The molecule has 0 saturated carbocycles. The van der Waals surface area contributed by atoms with Crippen LogP contribution in [0.3, 0.4) is 0 Å². The van der Waals surface area contributed by atoms with Crippen LogP contribution >= 0.6 is 0 Å². The lowest BCUT2D eigenvalue weighted by Crippen LogP contribution is -2.61.